The molecule has 64 heavy (non-hydrogen) atoms. The summed E-state index contributed by atoms with van der Waals surface area (Å²) in [6, 6.07) is 92.1. The topological polar surface area (TPSA) is 19.6 Å². The first kappa shape index (κ1) is 37.4. The molecule has 0 atom stereocenters. The number of nitrogens with zero attached hydrogens (tertiary/aromatic N) is 2. The van der Waals surface area contributed by atoms with Crippen LogP contribution in [-0.2, 0) is 5.41 Å². The van der Waals surface area contributed by atoms with Gasteiger partial charge in [-0.2, -0.15) is 0 Å². The molecule has 11 aromatic rings. The molecule has 302 valence electrons. The Hall–Kier alpha value is -8.40. The number of furan rings is 1. The SMILES string of the molecule is c1ccc(-c2cccc(N(c3cccc(N(c4ccccc4)c4ccc5oc6ccccc6c5c4)c3)c3cccc(C4(c5ccccc5)c5ccccc5-c5ccccc54)c3)c2)cc1. The van der Waals surface area contributed by atoms with Crippen LogP contribution >= 0.6 is 0 Å². The summed E-state index contributed by atoms with van der Waals surface area (Å²) in [5.41, 5.74) is 17.4. The van der Waals surface area contributed by atoms with Crippen molar-refractivity contribution in [1.29, 1.82) is 0 Å². The molecular formula is C61H42N2O. The van der Waals surface area contributed by atoms with Gasteiger partial charge >= 0.3 is 0 Å². The van der Waals surface area contributed by atoms with E-state index in [-0.39, 0.29) is 0 Å². The molecule has 0 fully saturated rings. The van der Waals surface area contributed by atoms with E-state index in [0.29, 0.717) is 0 Å². The maximum atomic E-state index is 6.28. The molecule has 0 saturated heterocycles. The van der Waals surface area contributed by atoms with Crippen molar-refractivity contribution in [2.75, 3.05) is 9.80 Å². The molecule has 1 aromatic heterocycles. The maximum absolute atomic E-state index is 6.28. The number of hydrogen-bond acceptors (Lipinski definition) is 3. The average Bonchev–Trinajstić information content (AvgIpc) is 3.89. The predicted molar refractivity (Wildman–Crippen MR) is 266 cm³/mol. The van der Waals surface area contributed by atoms with Crippen molar-refractivity contribution in [3.8, 4) is 22.3 Å². The fourth-order valence-corrected chi connectivity index (χ4v) is 10.1. The first-order chi connectivity index (χ1) is 31.7. The van der Waals surface area contributed by atoms with Crippen LogP contribution in [0.5, 0.6) is 0 Å². The number of para-hydroxylation sites is 2. The highest BCUT2D eigenvalue weighted by Gasteiger charge is 2.46. The first-order valence-corrected chi connectivity index (χ1v) is 21.9. The number of hydrogen-bond donors (Lipinski definition) is 0. The second kappa shape index (κ2) is 15.5. The van der Waals surface area contributed by atoms with E-state index in [1.165, 1.54) is 38.9 Å². The van der Waals surface area contributed by atoms with Crippen LogP contribution in [0.3, 0.4) is 0 Å². The molecule has 0 spiro atoms. The molecule has 12 rings (SSSR count). The molecule has 0 bridgehead atoms. The fourth-order valence-electron chi connectivity index (χ4n) is 10.1. The minimum atomic E-state index is -0.538. The Morgan fingerprint density at radius 3 is 1.47 bits per heavy atom. The Kier molecular flexibility index (Phi) is 9.05. The lowest BCUT2D eigenvalue weighted by Crippen LogP contribution is -2.28. The van der Waals surface area contributed by atoms with Crippen LogP contribution in [0.4, 0.5) is 34.1 Å². The van der Waals surface area contributed by atoms with E-state index in [4.69, 9.17) is 4.42 Å². The fraction of sp³-hybridized carbons (Fsp3) is 0.0164. The van der Waals surface area contributed by atoms with Crippen LogP contribution in [0.25, 0.3) is 44.2 Å². The maximum Gasteiger partial charge on any atom is 0.135 e. The van der Waals surface area contributed by atoms with Crippen LogP contribution in [0, 0.1) is 0 Å². The molecule has 3 nitrogen and oxygen atoms in total. The molecule has 0 amide bonds. The highest BCUT2D eigenvalue weighted by Crippen LogP contribution is 2.56. The van der Waals surface area contributed by atoms with Crippen molar-refractivity contribution in [3.05, 3.63) is 277 Å². The smallest absolute Gasteiger partial charge is 0.135 e. The van der Waals surface area contributed by atoms with E-state index in [1.54, 1.807) is 0 Å². The Bertz CT molecular complexity index is 3420. The monoisotopic (exact) mass is 818 g/mol. The highest BCUT2D eigenvalue weighted by molar-refractivity contribution is 6.06. The Morgan fingerprint density at radius 1 is 0.281 bits per heavy atom. The van der Waals surface area contributed by atoms with Crippen LogP contribution in [0.1, 0.15) is 22.3 Å². The molecule has 0 aliphatic heterocycles. The summed E-state index contributed by atoms with van der Waals surface area (Å²) in [5, 5.41) is 2.19. The van der Waals surface area contributed by atoms with E-state index < -0.39 is 5.41 Å². The van der Waals surface area contributed by atoms with Gasteiger partial charge in [-0.15, -0.1) is 0 Å². The van der Waals surface area contributed by atoms with Crippen molar-refractivity contribution in [2.45, 2.75) is 5.41 Å². The molecule has 0 unspecified atom stereocenters. The zero-order valence-electron chi connectivity index (χ0n) is 35.1. The second-order valence-electron chi connectivity index (χ2n) is 16.5. The average molecular weight is 819 g/mol. The molecule has 10 aromatic carbocycles. The van der Waals surface area contributed by atoms with Crippen molar-refractivity contribution < 1.29 is 4.42 Å². The summed E-state index contributed by atoms with van der Waals surface area (Å²) in [6.07, 6.45) is 0. The number of fused-ring (bicyclic) bond motifs is 6. The van der Waals surface area contributed by atoms with Gasteiger partial charge in [0.25, 0.3) is 0 Å². The highest BCUT2D eigenvalue weighted by atomic mass is 16.3. The van der Waals surface area contributed by atoms with Crippen LogP contribution in [0.15, 0.2) is 259 Å². The molecule has 3 heteroatoms. The number of anilines is 6. The van der Waals surface area contributed by atoms with Crippen molar-refractivity contribution in [1.82, 2.24) is 0 Å². The Balaban J connectivity index is 1.07. The summed E-state index contributed by atoms with van der Waals surface area (Å²) in [4.78, 5) is 4.76. The minimum absolute atomic E-state index is 0.538. The lowest BCUT2D eigenvalue weighted by Gasteiger charge is -2.35. The van der Waals surface area contributed by atoms with Gasteiger partial charge in [0.15, 0.2) is 0 Å². The van der Waals surface area contributed by atoms with E-state index >= 15 is 0 Å². The summed E-state index contributed by atoms with van der Waals surface area (Å²) < 4.78 is 6.28. The predicted octanol–water partition coefficient (Wildman–Crippen LogP) is 16.6. The minimum Gasteiger partial charge on any atom is -0.456 e. The Morgan fingerprint density at radius 2 is 0.750 bits per heavy atom. The quantitative estimate of drug-likeness (QED) is 0.145. The van der Waals surface area contributed by atoms with Gasteiger partial charge in [-0.1, -0.05) is 176 Å². The van der Waals surface area contributed by atoms with Gasteiger partial charge in [-0.05, 0) is 123 Å². The van der Waals surface area contributed by atoms with Crippen molar-refractivity contribution >= 4 is 56.1 Å². The van der Waals surface area contributed by atoms with Crippen molar-refractivity contribution in [3.63, 3.8) is 0 Å². The lowest BCUT2D eigenvalue weighted by atomic mass is 9.67. The van der Waals surface area contributed by atoms with Gasteiger partial charge in [-0.3, -0.25) is 0 Å². The third-order valence-electron chi connectivity index (χ3n) is 12.9. The molecule has 1 heterocycles. The second-order valence-corrected chi connectivity index (χ2v) is 16.5. The third-order valence-corrected chi connectivity index (χ3v) is 12.9. The standard InChI is InChI=1S/C61H42N2O/c1-4-19-43(20-5-1)44-21-16-27-48(39-44)63(49-28-17-24-46(40-49)61(45-22-6-2-7-23-45)57-34-13-10-31-53(57)54-32-11-14-35-58(54)61)51-30-18-29-50(41-51)62(47-25-8-3-9-26-47)52-37-38-60-56(42-52)55-33-12-15-36-59(55)64-60/h1-42H. The van der Waals surface area contributed by atoms with Gasteiger partial charge in [0.1, 0.15) is 11.2 Å². The largest absolute Gasteiger partial charge is 0.456 e. The number of rotatable bonds is 9. The summed E-state index contributed by atoms with van der Waals surface area (Å²) in [7, 11) is 0. The van der Waals surface area contributed by atoms with Crippen molar-refractivity contribution in [2.24, 2.45) is 0 Å². The van der Waals surface area contributed by atoms with Gasteiger partial charge < -0.3 is 14.2 Å². The molecule has 0 N–H and O–H groups in total. The van der Waals surface area contributed by atoms with Gasteiger partial charge in [-0.25, -0.2) is 0 Å². The van der Waals surface area contributed by atoms with Gasteiger partial charge in [0.2, 0.25) is 0 Å². The van der Waals surface area contributed by atoms with Crippen LogP contribution in [-0.4, -0.2) is 0 Å². The molecule has 1 aliphatic rings. The first-order valence-electron chi connectivity index (χ1n) is 21.9. The third kappa shape index (κ3) is 6.13. The zero-order valence-corrected chi connectivity index (χ0v) is 35.1. The van der Waals surface area contributed by atoms with Gasteiger partial charge in [0.05, 0.1) is 5.41 Å². The molecule has 0 saturated carbocycles. The zero-order chi connectivity index (χ0) is 42.5. The summed E-state index contributed by atoms with van der Waals surface area (Å²) >= 11 is 0. The summed E-state index contributed by atoms with van der Waals surface area (Å²) in [5.74, 6) is 0. The van der Waals surface area contributed by atoms with Crippen LogP contribution < -0.4 is 9.80 Å². The van der Waals surface area contributed by atoms with E-state index in [1.807, 2.05) is 12.1 Å². The van der Waals surface area contributed by atoms with Gasteiger partial charge in [0, 0.05) is 44.9 Å². The molecular weight excluding hydrogens is 777 g/mol. The number of benzene rings is 10. The van der Waals surface area contributed by atoms with E-state index in [9.17, 15) is 0 Å². The molecule has 1 aliphatic carbocycles. The molecule has 0 radical (unpaired) electrons. The Labute approximate surface area is 373 Å². The normalized spacial score (nSPS) is 12.5. The van der Waals surface area contributed by atoms with E-state index in [0.717, 1.165) is 61.6 Å². The lowest BCUT2D eigenvalue weighted by molar-refractivity contribution is 0.669. The van der Waals surface area contributed by atoms with E-state index in [2.05, 4.69) is 252 Å². The summed E-state index contributed by atoms with van der Waals surface area (Å²) in [6.45, 7) is 0. The van der Waals surface area contributed by atoms with Crippen LogP contribution in [0.2, 0.25) is 0 Å².